The molecule has 5 heteroatoms. The van der Waals surface area contributed by atoms with Gasteiger partial charge in [-0.05, 0) is 12.0 Å². The average molecular weight is 280 g/mol. The summed E-state index contributed by atoms with van der Waals surface area (Å²) in [6, 6.07) is 9.00. The summed E-state index contributed by atoms with van der Waals surface area (Å²) in [4.78, 5) is 12.2. The van der Waals surface area contributed by atoms with Gasteiger partial charge in [0.05, 0.1) is 18.6 Å². The molecule has 0 spiro atoms. The van der Waals surface area contributed by atoms with Gasteiger partial charge in [-0.1, -0.05) is 37.3 Å². The molecule has 0 saturated heterocycles. The molecule has 0 aliphatic rings. The lowest BCUT2D eigenvalue weighted by Crippen LogP contribution is -2.43. The van der Waals surface area contributed by atoms with E-state index in [0.29, 0.717) is 13.0 Å². The third kappa shape index (κ3) is 4.92. The van der Waals surface area contributed by atoms with Gasteiger partial charge in [0.1, 0.15) is 0 Å². The first-order valence-corrected chi connectivity index (χ1v) is 6.80. The second kappa shape index (κ2) is 8.68. The predicted octanol–water partition coefficient (Wildman–Crippen LogP) is 0.836. The first kappa shape index (κ1) is 16.6. The van der Waals surface area contributed by atoms with Gasteiger partial charge in [-0.3, -0.25) is 4.79 Å². The molecule has 0 aliphatic carbocycles. The number of amides is 1. The van der Waals surface area contributed by atoms with Crippen LogP contribution >= 0.6 is 0 Å². The Morgan fingerprint density at radius 3 is 2.60 bits per heavy atom. The fraction of sp³-hybridized carbons (Fsp3) is 0.533. The number of carbonyl (C=O) groups is 1. The molecule has 1 rings (SSSR count). The molecular formula is C15H24N2O3. The van der Waals surface area contributed by atoms with Gasteiger partial charge in [-0.15, -0.1) is 0 Å². The highest BCUT2D eigenvalue weighted by atomic mass is 16.5. The summed E-state index contributed by atoms with van der Waals surface area (Å²) in [6.45, 7) is 2.18. The Kier molecular flexibility index (Phi) is 7.22. The number of methoxy groups -OCH3 is 1. The number of ether oxygens (including phenoxy) is 1. The Balaban J connectivity index is 2.61. The molecule has 1 aromatic rings. The van der Waals surface area contributed by atoms with Crippen molar-refractivity contribution in [2.24, 2.45) is 11.7 Å². The van der Waals surface area contributed by atoms with Crippen molar-refractivity contribution < 1.29 is 14.6 Å². The SMILES string of the molecule is COCC(CCO)NC(=O)C(C)C(N)c1ccccc1. The van der Waals surface area contributed by atoms with Crippen LogP contribution in [0.3, 0.4) is 0 Å². The summed E-state index contributed by atoms with van der Waals surface area (Å²) in [6.07, 6.45) is 0.465. The van der Waals surface area contributed by atoms with Crippen molar-refractivity contribution in [2.75, 3.05) is 20.3 Å². The summed E-state index contributed by atoms with van der Waals surface area (Å²) < 4.78 is 5.03. The molecule has 0 aromatic heterocycles. The van der Waals surface area contributed by atoms with Crippen LogP contribution in [0.2, 0.25) is 0 Å². The van der Waals surface area contributed by atoms with E-state index in [1.807, 2.05) is 30.3 Å². The molecule has 1 amide bonds. The monoisotopic (exact) mass is 280 g/mol. The van der Waals surface area contributed by atoms with Crippen LogP contribution in [0.15, 0.2) is 30.3 Å². The van der Waals surface area contributed by atoms with Crippen LogP contribution in [0.1, 0.15) is 24.9 Å². The van der Waals surface area contributed by atoms with Crippen molar-refractivity contribution in [3.63, 3.8) is 0 Å². The number of hydrogen-bond donors (Lipinski definition) is 3. The molecule has 0 aliphatic heterocycles. The average Bonchev–Trinajstić information content (AvgIpc) is 2.47. The number of nitrogens with one attached hydrogen (secondary N) is 1. The number of benzene rings is 1. The normalized spacial score (nSPS) is 15.4. The molecule has 20 heavy (non-hydrogen) atoms. The van der Waals surface area contributed by atoms with Crippen LogP contribution in [-0.2, 0) is 9.53 Å². The van der Waals surface area contributed by atoms with Crippen LogP contribution in [0.4, 0.5) is 0 Å². The molecule has 112 valence electrons. The molecule has 5 nitrogen and oxygen atoms in total. The molecule has 0 bridgehead atoms. The fourth-order valence-corrected chi connectivity index (χ4v) is 2.01. The highest BCUT2D eigenvalue weighted by molar-refractivity contribution is 5.79. The van der Waals surface area contributed by atoms with Crippen molar-refractivity contribution >= 4 is 5.91 Å². The number of rotatable bonds is 8. The molecule has 0 saturated carbocycles. The van der Waals surface area contributed by atoms with Gasteiger partial charge in [0.15, 0.2) is 0 Å². The van der Waals surface area contributed by atoms with E-state index in [1.165, 1.54) is 0 Å². The van der Waals surface area contributed by atoms with E-state index in [-0.39, 0.29) is 30.5 Å². The minimum absolute atomic E-state index is 0.00737. The molecular weight excluding hydrogens is 256 g/mol. The zero-order valence-electron chi connectivity index (χ0n) is 12.1. The number of nitrogens with two attached hydrogens (primary N) is 1. The Bertz CT molecular complexity index is 391. The Labute approximate surface area is 120 Å². The molecule has 0 radical (unpaired) electrons. The minimum Gasteiger partial charge on any atom is -0.396 e. The van der Waals surface area contributed by atoms with Gasteiger partial charge < -0.3 is 20.9 Å². The van der Waals surface area contributed by atoms with Crippen LogP contribution in [-0.4, -0.2) is 37.4 Å². The molecule has 3 unspecified atom stereocenters. The molecule has 4 N–H and O–H groups in total. The highest BCUT2D eigenvalue weighted by Gasteiger charge is 2.24. The third-order valence-corrected chi connectivity index (χ3v) is 3.33. The van der Waals surface area contributed by atoms with E-state index in [9.17, 15) is 4.79 Å². The predicted molar refractivity (Wildman–Crippen MR) is 78.0 cm³/mol. The Hall–Kier alpha value is -1.43. The number of hydrogen-bond acceptors (Lipinski definition) is 4. The Morgan fingerprint density at radius 1 is 1.40 bits per heavy atom. The highest BCUT2D eigenvalue weighted by Crippen LogP contribution is 2.19. The summed E-state index contributed by atoms with van der Waals surface area (Å²) in [5, 5.41) is 11.8. The maximum Gasteiger partial charge on any atom is 0.225 e. The van der Waals surface area contributed by atoms with E-state index in [0.717, 1.165) is 5.56 Å². The number of aliphatic hydroxyl groups is 1. The summed E-state index contributed by atoms with van der Waals surface area (Å²) in [5.74, 6) is -0.479. The quantitative estimate of drug-likeness (QED) is 0.658. The van der Waals surface area contributed by atoms with Gasteiger partial charge in [-0.25, -0.2) is 0 Å². The summed E-state index contributed by atoms with van der Waals surface area (Å²) in [7, 11) is 1.57. The van der Waals surface area contributed by atoms with E-state index in [4.69, 9.17) is 15.6 Å². The van der Waals surface area contributed by atoms with E-state index in [2.05, 4.69) is 5.32 Å². The zero-order valence-corrected chi connectivity index (χ0v) is 12.1. The van der Waals surface area contributed by atoms with E-state index < -0.39 is 0 Å². The minimum atomic E-state index is -0.353. The molecule has 3 atom stereocenters. The van der Waals surface area contributed by atoms with Crippen molar-refractivity contribution in [2.45, 2.75) is 25.4 Å². The van der Waals surface area contributed by atoms with Crippen LogP contribution < -0.4 is 11.1 Å². The molecule has 0 fully saturated rings. The summed E-state index contributed by atoms with van der Waals surface area (Å²) >= 11 is 0. The first-order valence-electron chi connectivity index (χ1n) is 6.80. The van der Waals surface area contributed by atoms with Gasteiger partial charge in [-0.2, -0.15) is 0 Å². The Morgan fingerprint density at radius 2 is 2.05 bits per heavy atom. The first-order chi connectivity index (χ1) is 9.60. The van der Waals surface area contributed by atoms with Gasteiger partial charge >= 0.3 is 0 Å². The van der Waals surface area contributed by atoms with Gasteiger partial charge in [0, 0.05) is 19.8 Å². The molecule has 0 heterocycles. The standard InChI is InChI=1S/C15H24N2O3/c1-11(14(16)12-6-4-3-5-7-12)15(19)17-13(8-9-18)10-20-2/h3-7,11,13-14,18H,8-10,16H2,1-2H3,(H,17,19). The van der Waals surface area contributed by atoms with Crippen molar-refractivity contribution in [1.82, 2.24) is 5.32 Å². The fourth-order valence-electron chi connectivity index (χ4n) is 2.01. The smallest absolute Gasteiger partial charge is 0.225 e. The van der Waals surface area contributed by atoms with Crippen LogP contribution in [0.25, 0.3) is 0 Å². The lowest BCUT2D eigenvalue weighted by molar-refractivity contribution is -0.126. The second-order valence-electron chi connectivity index (χ2n) is 4.90. The lowest BCUT2D eigenvalue weighted by atomic mass is 9.94. The van der Waals surface area contributed by atoms with Gasteiger partial charge in [0.2, 0.25) is 5.91 Å². The van der Waals surface area contributed by atoms with E-state index >= 15 is 0 Å². The maximum absolute atomic E-state index is 12.2. The van der Waals surface area contributed by atoms with Crippen molar-refractivity contribution in [1.29, 1.82) is 0 Å². The third-order valence-electron chi connectivity index (χ3n) is 3.33. The second-order valence-corrected chi connectivity index (χ2v) is 4.90. The molecule has 1 aromatic carbocycles. The maximum atomic E-state index is 12.2. The van der Waals surface area contributed by atoms with Gasteiger partial charge in [0.25, 0.3) is 0 Å². The van der Waals surface area contributed by atoms with E-state index in [1.54, 1.807) is 14.0 Å². The van der Waals surface area contributed by atoms with Crippen LogP contribution in [0, 0.1) is 5.92 Å². The van der Waals surface area contributed by atoms with Crippen molar-refractivity contribution in [3.8, 4) is 0 Å². The van der Waals surface area contributed by atoms with Crippen LogP contribution in [0.5, 0.6) is 0 Å². The van der Waals surface area contributed by atoms with Crippen molar-refractivity contribution in [3.05, 3.63) is 35.9 Å². The topological polar surface area (TPSA) is 84.6 Å². The summed E-state index contributed by atoms with van der Waals surface area (Å²) in [5.41, 5.74) is 7.05. The number of aliphatic hydroxyl groups excluding tert-OH is 1. The lowest BCUT2D eigenvalue weighted by Gasteiger charge is -2.23. The largest absolute Gasteiger partial charge is 0.396 e. The zero-order chi connectivity index (χ0) is 15.0. The number of carbonyl (C=O) groups excluding carboxylic acids is 1.